The number of halogens is 1. The highest BCUT2D eigenvalue weighted by atomic mass is 19.1. The van der Waals surface area contributed by atoms with Gasteiger partial charge in [0.15, 0.2) is 0 Å². The van der Waals surface area contributed by atoms with Crippen LogP contribution in [0.25, 0.3) is 0 Å². The average Bonchev–Trinajstić information content (AvgIpc) is 2.29. The fourth-order valence-corrected chi connectivity index (χ4v) is 1.92. The Labute approximate surface area is 93.2 Å². The van der Waals surface area contributed by atoms with Crippen LogP contribution in [0.3, 0.4) is 0 Å². The summed E-state index contributed by atoms with van der Waals surface area (Å²) in [7, 11) is 0. The first-order valence-corrected chi connectivity index (χ1v) is 5.23. The van der Waals surface area contributed by atoms with E-state index in [1.807, 2.05) is 0 Å². The van der Waals surface area contributed by atoms with Crippen LogP contribution in [0.4, 0.5) is 10.1 Å². The van der Waals surface area contributed by atoms with Gasteiger partial charge in [-0.05, 0) is 12.1 Å². The minimum atomic E-state index is -0.481. The highest BCUT2D eigenvalue weighted by molar-refractivity contribution is 5.86. The van der Waals surface area contributed by atoms with Crippen molar-refractivity contribution in [2.45, 2.75) is 6.04 Å². The molecule has 1 unspecified atom stereocenters. The van der Waals surface area contributed by atoms with E-state index < -0.39 is 6.04 Å². The van der Waals surface area contributed by atoms with E-state index >= 15 is 0 Å². The lowest BCUT2D eigenvalue weighted by Gasteiger charge is -2.36. The molecule has 1 aliphatic heterocycles. The molecule has 1 atom stereocenters. The molecule has 5 heteroatoms. The molecule has 86 valence electrons. The van der Waals surface area contributed by atoms with Crippen molar-refractivity contribution in [1.82, 2.24) is 5.32 Å². The number of nitrogens with one attached hydrogen (secondary N) is 1. The number of para-hydroxylation sites is 1. The SMILES string of the molecule is NCC1C(=O)NCCN1c1ccccc1F. The number of hydrogen-bond acceptors (Lipinski definition) is 3. The van der Waals surface area contributed by atoms with Crippen molar-refractivity contribution in [3.8, 4) is 0 Å². The average molecular weight is 223 g/mol. The summed E-state index contributed by atoms with van der Waals surface area (Å²) in [4.78, 5) is 13.3. The summed E-state index contributed by atoms with van der Waals surface area (Å²) in [5.74, 6) is -0.465. The van der Waals surface area contributed by atoms with Crippen molar-refractivity contribution in [3.63, 3.8) is 0 Å². The summed E-state index contributed by atoms with van der Waals surface area (Å²) in [5.41, 5.74) is 5.98. The van der Waals surface area contributed by atoms with E-state index in [2.05, 4.69) is 5.32 Å². The van der Waals surface area contributed by atoms with Gasteiger partial charge in [0.1, 0.15) is 11.9 Å². The van der Waals surface area contributed by atoms with Crippen LogP contribution < -0.4 is 16.0 Å². The summed E-state index contributed by atoms with van der Waals surface area (Å²) in [6.45, 7) is 1.28. The third kappa shape index (κ3) is 1.86. The maximum absolute atomic E-state index is 13.6. The molecule has 1 aromatic carbocycles. The molecule has 1 aliphatic rings. The molecule has 0 aliphatic carbocycles. The van der Waals surface area contributed by atoms with Gasteiger partial charge in [-0.25, -0.2) is 4.39 Å². The van der Waals surface area contributed by atoms with Gasteiger partial charge in [0.2, 0.25) is 5.91 Å². The lowest BCUT2D eigenvalue weighted by Crippen LogP contribution is -2.58. The topological polar surface area (TPSA) is 58.4 Å². The van der Waals surface area contributed by atoms with Crippen LogP contribution in [-0.2, 0) is 4.79 Å². The quantitative estimate of drug-likeness (QED) is 0.747. The molecule has 1 aromatic rings. The molecule has 0 aromatic heterocycles. The molecule has 1 fully saturated rings. The fourth-order valence-electron chi connectivity index (χ4n) is 1.92. The number of nitrogens with two attached hydrogens (primary N) is 1. The zero-order valence-corrected chi connectivity index (χ0v) is 8.82. The number of amides is 1. The second-order valence-corrected chi connectivity index (χ2v) is 3.69. The standard InChI is InChI=1S/C11H14FN3O/c12-8-3-1-2-4-9(8)15-6-5-14-11(16)10(15)7-13/h1-4,10H,5-7,13H2,(H,14,16). The third-order valence-electron chi connectivity index (χ3n) is 2.72. The van der Waals surface area contributed by atoms with Gasteiger partial charge < -0.3 is 16.0 Å². The van der Waals surface area contributed by atoms with Crippen molar-refractivity contribution in [2.75, 3.05) is 24.5 Å². The summed E-state index contributed by atoms with van der Waals surface area (Å²) in [5, 5.41) is 2.72. The van der Waals surface area contributed by atoms with Gasteiger partial charge in [-0.3, -0.25) is 4.79 Å². The summed E-state index contributed by atoms with van der Waals surface area (Å²) in [6, 6.07) is 5.94. The van der Waals surface area contributed by atoms with E-state index in [1.165, 1.54) is 6.07 Å². The van der Waals surface area contributed by atoms with Crippen molar-refractivity contribution in [1.29, 1.82) is 0 Å². The zero-order valence-electron chi connectivity index (χ0n) is 8.82. The second kappa shape index (κ2) is 4.49. The van der Waals surface area contributed by atoms with Crippen LogP contribution in [0.15, 0.2) is 24.3 Å². The molecule has 1 saturated heterocycles. The van der Waals surface area contributed by atoms with Gasteiger partial charge in [-0.15, -0.1) is 0 Å². The lowest BCUT2D eigenvalue weighted by molar-refractivity contribution is -0.123. The van der Waals surface area contributed by atoms with Gasteiger partial charge in [0.05, 0.1) is 5.69 Å². The van der Waals surface area contributed by atoms with Crippen LogP contribution in [-0.4, -0.2) is 31.6 Å². The number of rotatable bonds is 2. The second-order valence-electron chi connectivity index (χ2n) is 3.69. The maximum atomic E-state index is 13.6. The number of carbonyl (C=O) groups is 1. The summed E-state index contributed by atoms with van der Waals surface area (Å²) in [6.07, 6.45) is 0. The van der Waals surface area contributed by atoms with Gasteiger partial charge in [0, 0.05) is 19.6 Å². The molecule has 1 amide bonds. The zero-order chi connectivity index (χ0) is 11.5. The minimum Gasteiger partial charge on any atom is -0.354 e. The highest BCUT2D eigenvalue weighted by Gasteiger charge is 2.29. The normalized spacial score (nSPS) is 20.8. The smallest absolute Gasteiger partial charge is 0.244 e. The fraction of sp³-hybridized carbons (Fsp3) is 0.364. The Bertz CT molecular complexity index is 397. The maximum Gasteiger partial charge on any atom is 0.244 e. The largest absolute Gasteiger partial charge is 0.354 e. The van der Waals surface area contributed by atoms with E-state index in [9.17, 15) is 9.18 Å². The highest BCUT2D eigenvalue weighted by Crippen LogP contribution is 2.21. The Morgan fingerprint density at radius 3 is 2.94 bits per heavy atom. The Hall–Kier alpha value is -1.62. The lowest BCUT2D eigenvalue weighted by atomic mass is 10.1. The van der Waals surface area contributed by atoms with Crippen LogP contribution in [0.2, 0.25) is 0 Å². The van der Waals surface area contributed by atoms with E-state index in [1.54, 1.807) is 23.1 Å². The molecule has 4 nitrogen and oxygen atoms in total. The number of nitrogens with zero attached hydrogens (tertiary/aromatic N) is 1. The van der Waals surface area contributed by atoms with Crippen molar-refractivity contribution in [3.05, 3.63) is 30.1 Å². The van der Waals surface area contributed by atoms with Gasteiger partial charge in [0.25, 0.3) is 0 Å². The Morgan fingerprint density at radius 1 is 1.50 bits per heavy atom. The van der Waals surface area contributed by atoms with Gasteiger partial charge >= 0.3 is 0 Å². The molecule has 1 heterocycles. The molecular formula is C11H14FN3O. The minimum absolute atomic E-state index is 0.142. The molecule has 0 saturated carbocycles. The van der Waals surface area contributed by atoms with Crippen LogP contribution in [0.1, 0.15) is 0 Å². The van der Waals surface area contributed by atoms with E-state index in [0.717, 1.165) is 0 Å². The Kier molecular flexibility index (Phi) is 3.05. The molecule has 0 bridgehead atoms. The Morgan fingerprint density at radius 2 is 2.25 bits per heavy atom. The number of carbonyl (C=O) groups excluding carboxylic acids is 1. The van der Waals surface area contributed by atoms with Gasteiger partial charge in [-0.2, -0.15) is 0 Å². The molecule has 16 heavy (non-hydrogen) atoms. The summed E-state index contributed by atoms with van der Waals surface area (Å²) >= 11 is 0. The first kappa shape index (κ1) is 10.9. The predicted octanol–water partition coefficient (Wildman–Crippen LogP) is 0.0892. The predicted molar refractivity (Wildman–Crippen MR) is 59.6 cm³/mol. The summed E-state index contributed by atoms with van der Waals surface area (Å²) < 4.78 is 13.6. The Balaban J connectivity index is 2.31. The molecular weight excluding hydrogens is 209 g/mol. The number of hydrogen-bond donors (Lipinski definition) is 2. The van der Waals surface area contributed by atoms with E-state index in [4.69, 9.17) is 5.73 Å². The number of piperazine rings is 1. The van der Waals surface area contributed by atoms with Gasteiger partial charge in [-0.1, -0.05) is 12.1 Å². The monoisotopic (exact) mass is 223 g/mol. The molecule has 2 rings (SSSR count). The van der Waals surface area contributed by atoms with Crippen molar-refractivity contribution < 1.29 is 9.18 Å². The third-order valence-corrected chi connectivity index (χ3v) is 2.72. The molecule has 0 radical (unpaired) electrons. The molecule has 3 N–H and O–H groups in total. The van der Waals surface area contributed by atoms with Crippen LogP contribution in [0.5, 0.6) is 0 Å². The molecule has 0 spiro atoms. The van der Waals surface area contributed by atoms with Crippen LogP contribution >= 0.6 is 0 Å². The van der Waals surface area contributed by atoms with Crippen molar-refractivity contribution >= 4 is 11.6 Å². The van der Waals surface area contributed by atoms with Crippen LogP contribution in [0, 0.1) is 5.82 Å². The van der Waals surface area contributed by atoms with E-state index in [-0.39, 0.29) is 18.3 Å². The number of benzene rings is 1. The number of anilines is 1. The van der Waals surface area contributed by atoms with E-state index in [0.29, 0.717) is 18.8 Å². The first-order chi connectivity index (χ1) is 7.74. The first-order valence-electron chi connectivity index (χ1n) is 5.23. The van der Waals surface area contributed by atoms with Crippen molar-refractivity contribution in [2.24, 2.45) is 5.73 Å².